The predicted octanol–water partition coefficient (Wildman–Crippen LogP) is 1.65. The Morgan fingerprint density at radius 3 is 2.82 bits per heavy atom. The summed E-state index contributed by atoms with van der Waals surface area (Å²) < 4.78 is 4.92. The summed E-state index contributed by atoms with van der Waals surface area (Å²) in [5.74, 6) is -0.250. The molecule has 0 radical (unpaired) electrons. The minimum atomic E-state index is -0.250. The Kier molecular flexibility index (Phi) is 3.42. The van der Waals surface area contributed by atoms with Crippen LogP contribution in [-0.2, 0) is 16.1 Å². The number of aromatic nitrogens is 1. The van der Waals surface area contributed by atoms with Gasteiger partial charge in [0.1, 0.15) is 6.61 Å². The molecule has 0 spiro atoms. The van der Waals surface area contributed by atoms with Crippen LogP contribution in [0.3, 0.4) is 0 Å². The third kappa shape index (κ3) is 2.84. The van der Waals surface area contributed by atoms with Crippen molar-refractivity contribution in [3.05, 3.63) is 41.4 Å². The van der Waals surface area contributed by atoms with E-state index in [1.165, 1.54) is 0 Å². The molecule has 1 aromatic heterocycles. The number of aryl methyl sites for hydroxylation is 1. The van der Waals surface area contributed by atoms with Crippen molar-refractivity contribution in [3.8, 4) is 0 Å². The average Bonchev–Trinajstić information content (AvgIpc) is 2.75. The first-order valence-corrected chi connectivity index (χ1v) is 5.73. The monoisotopic (exact) mass is 232 g/mol. The first-order valence-electron chi connectivity index (χ1n) is 5.73. The number of pyridine rings is 1. The molecule has 0 unspecified atom stereocenters. The minimum Gasteiger partial charge on any atom is -0.456 e. The zero-order valence-corrected chi connectivity index (χ0v) is 10.1. The number of carbonyl (C=O) groups excluding carboxylic acids is 1. The largest absolute Gasteiger partial charge is 0.456 e. The molecule has 90 valence electrons. The quantitative estimate of drug-likeness (QED) is 0.740. The fraction of sp³-hybridized carbons (Fsp3) is 0.385. The summed E-state index contributed by atoms with van der Waals surface area (Å²) in [4.78, 5) is 17.4. The lowest BCUT2D eigenvalue weighted by Crippen LogP contribution is -2.23. The number of hydrogen-bond donors (Lipinski definition) is 0. The molecule has 0 aliphatic carbocycles. The molecule has 0 bridgehead atoms. The second kappa shape index (κ2) is 4.99. The highest BCUT2D eigenvalue weighted by Gasteiger charge is 2.18. The summed E-state index contributed by atoms with van der Waals surface area (Å²) in [6, 6.07) is 4.05. The molecular formula is C13H16N2O2. The third-order valence-corrected chi connectivity index (χ3v) is 2.78. The van der Waals surface area contributed by atoms with Crippen LogP contribution in [0, 0.1) is 6.92 Å². The van der Waals surface area contributed by atoms with Gasteiger partial charge in [0.2, 0.25) is 0 Å². The van der Waals surface area contributed by atoms with E-state index in [9.17, 15) is 4.79 Å². The van der Waals surface area contributed by atoms with E-state index in [4.69, 9.17) is 4.74 Å². The highest BCUT2D eigenvalue weighted by molar-refractivity contribution is 5.85. The van der Waals surface area contributed by atoms with Crippen LogP contribution in [-0.4, -0.2) is 29.0 Å². The Labute approximate surface area is 101 Å². The number of rotatable bonds is 4. The lowest BCUT2D eigenvalue weighted by Gasteiger charge is -2.23. The van der Waals surface area contributed by atoms with Crippen molar-refractivity contribution in [2.45, 2.75) is 20.4 Å². The maximum absolute atomic E-state index is 11.0. The minimum absolute atomic E-state index is 0.250. The number of likely N-dealkylation sites (N-methyl/N-ethyl adjacent to an activating group) is 1. The highest BCUT2D eigenvalue weighted by Crippen LogP contribution is 2.15. The fourth-order valence-electron chi connectivity index (χ4n) is 1.78. The van der Waals surface area contributed by atoms with Gasteiger partial charge in [-0.05, 0) is 25.5 Å². The molecule has 0 saturated heterocycles. The SMILES string of the molecule is CCN(Cc1ccc(C)nc1)C1=CC(=O)OC1. The van der Waals surface area contributed by atoms with Crippen LogP contribution < -0.4 is 0 Å². The van der Waals surface area contributed by atoms with E-state index >= 15 is 0 Å². The second-order valence-corrected chi connectivity index (χ2v) is 4.07. The summed E-state index contributed by atoms with van der Waals surface area (Å²) in [6.45, 7) is 6.01. The molecular weight excluding hydrogens is 216 g/mol. The van der Waals surface area contributed by atoms with Crippen LogP contribution in [0.25, 0.3) is 0 Å². The van der Waals surface area contributed by atoms with Gasteiger partial charge in [-0.25, -0.2) is 4.79 Å². The molecule has 0 fully saturated rings. The number of carbonyl (C=O) groups is 1. The van der Waals surface area contributed by atoms with E-state index in [0.29, 0.717) is 6.61 Å². The molecule has 1 aliphatic heterocycles. The summed E-state index contributed by atoms with van der Waals surface area (Å²) >= 11 is 0. The van der Waals surface area contributed by atoms with Crippen molar-refractivity contribution in [2.24, 2.45) is 0 Å². The number of esters is 1. The lowest BCUT2D eigenvalue weighted by atomic mass is 10.2. The van der Waals surface area contributed by atoms with Gasteiger partial charge in [0, 0.05) is 31.1 Å². The number of cyclic esters (lactones) is 1. The molecule has 4 heteroatoms. The number of hydrogen-bond acceptors (Lipinski definition) is 4. The number of ether oxygens (including phenoxy) is 1. The molecule has 1 aromatic rings. The number of nitrogens with zero attached hydrogens (tertiary/aromatic N) is 2. The highest BCUT2D eigenvalue weighted by atomic mass is 16.5. The molecule has 1 aliphatic rings. The topological polar surface area (TPSA) is 42.4 Å². The molecule has 17 heavy (non-hydrogen) atoms. The van der Waals surface area contributed by atoms with Gasteiger partial charge in [-0.3, -0.25) is 4.98 Å². The molecule has 0 N–H and O–H groups in total. The van der Waals surface area contributed by atoms with Crippen LogP contribution in [0.4, 0.5) is 0 Å². The van der Waals surface area contributed by atoms with E-state index in [2.05, 4.69) is 22.9 Å². The smallest absolute Gasteiger partial charge is 0.333 e. The molecule has 0 saturated carbocycles. The maximum Gasteiger partial charge on any atom is 0.333 e. The van der Waals surface area contributed by atoms with Gasteiger partial charge in [-0.1, -0.05) is 6.07 Å². The van der Waals surface area contributed by atoms with Gasteiger partial charge >= 0.3 is 5.97 Å². The molecule has 0 amide bonds. The molecule has 4 nitrogen and oxygen atoms in total. The normalized spacial score (nSPS) is 14.5. The van der Waals surface area contributed by atoms with Crippen molar-refractivity contribution in [1.29, 1.82) is 0 Å². The van der Waals surface area contributed by atoms with E-state index in [0.717, 1.165) is 30.0 Å². The fourth-order valence-corrected chi connectivity index (χ4v) is 1.78. The van der Waals surface area contributed by atoms with Gasteiger partial charge in [0.25, 0.3) is 0 Å². The van der Waals surface area contributed by atoms with Gasteiger partial charge in [0.05, 0.1) is 5.70 Å². The van der Waals surface area contributed by atoms with E-state index in [1.54, 1.807) is 6.08 Å². The van der Waals surface area contributed by atoms with Crippen molar-refractivity contribution < 1.29 is 9.53 Å². The Bertz CT molecular complexity index is 437. The standard InChI is InChI=1S/C13H16N2O2/c1-3-15(12-6-13(16)17-9-12)8-11-5-4-10(2)14-7-11/h4-7H,3,8-9H2,1-2H3. The predicted molar refractivity (Wildman–Crippen MR) is 64.1 cm³/mol. The van der Waals surface area contributed by atoms with Gasteiger partial charge in [-0.2, -0.15) is 0 Å². The van der Waals surface area contributed by atoms with Crippen molar-refractivity contribution in [1.82, 2.24) is 9.88 Å². The summed E-state index contributed by atoms with van der Waals surface area (Å²) in [5.41, 5.74) is 3.09. The van der Waals surface area contributed by atoms with Crippen LogP contribution in [0.15, 0.2) is 30.1 Å². The Hall–Kier alpha value is -1.84. The van der Waals surface area contributed by atoms with E-state index in [1.807, 2.05) is 19.2 Å². The Morgan fingerprint density at radius 2 is 2.29 bits per heavy atom. The Morgan fingerprint density at radius 1 is 1.47 bits per heavy atom. The van der Waals surface area contributed by atoms with Crippen LogP contribution in [0.5, 0.6) is 0 Å². The molecule has 0 atom stereocenters. The van der Waals surface area contributed by atoms with Gasteiger partial charge < -0.3 is 9.64 Å². The van der Waals surface area contributed by atoms with E-state index < -0.39 is 0 Å². The molecule has 0 aromatic carbocycles. The van der Waals surface area contributed by atoms with Crippen LogP contribution >= 0.6 is 0 Å². The lowest BCUT2D eigenvalue weighted by molar-refractivity contribution is -0.135. The van der Waals surface area contributed by atoms with Crippen molar-refractivity contribution >= 4 is 5.97 Å². The first-order chi connectivity index (χ1) is 8.19. The van der Waals surface area contributed by atoms with E-state index in [-0.39, 0.29) is 5.97 Å². The zero-order chi connectivity index (χ0) is 12.3. The third-order valence-electron chi connectivity index (χ3n) is 2.78. The van der Waals surface area contributed by atoms with Crippen LogP contribution in [0.2, 0.25) is 0 Å². The molecule has 2 heterocycles. The van der Waals surface area contributed by atoms with Gasteiger partial charge in [0.15, 0.2) is 0 Å². The summed E-state index contributed by atoms with van der Waals surface area (Å²) in [5, 5.41) is 0. The average molecular weight is 232 g/mol. The maximum atomic E-state index is 11.0. The van der Waals surface area contributed by atoms with Crippen molar-refractivity contribution in [3.63, 3.8) is 0 Å². The first kappa shape index (κ1) is 11.6. The second-order valence-electron chi connectivity index (χ2n) is 4.07. The van der Waals surface area contributed by atoms with Gasteiger partial charge in [-0.15, -0.1) is 0 Å². The summed E-state index contributed by atoms with van der Waals surface area (Å²) in [7, 11) is 0. The Balaban J connectivity index is 2.07. The molecule has 2 rings (SSSR count). The van der Waals surface area contributed by atoms with Crippen molar-refractivity contribution in [2.75, 3.05) is 13.2 Å². The van der Waals surface area contributed by atoms with Crippen LogP contribution in [0.1, 0.15) is 18.2 Å². The summed E-state index contributed by atoms with van der Waals surface area (Å²) in [6.07, 6.45) is 3.43. The zero-order valence-electron chi connectivity index (χ0n) is 10.1.